The summed E-state index contributed by atoms with van der Waals surface area (Å²) in [6.07, 6.45) is 3.91. The summed E-state index contributed by atoms with van der Waals surface area (Å²) in [5.74, 6) is 0.906. The minimum absolute atomic E-state index is 0.131. The zero-order valence-electron chi connectivity index (χ0n) is 12.1. The maximum atomic E-state index is 5.72. The van der Waals surface area contributed by atoms with Crippen LogP contribution in [0.1, 0.15) is 39.2 Å². The standard InChI is InChI=1S/C16H24BrNO/c1-5-6-7-10-19-15-9-8-13(11-14(15)17)12-18-16(2,3)4/h5,8-9,11,18H,1,6-7,10,12H2,2-4H3. The number of rotatable bonds is 7. The first-order valence-corrected chi connectivity index (χ1v) is 7.49. The van der Waals surface area contributed by atoms with Crippen molar-refractivity contribution in [3.63, 3.8) is 0 Å². The molecule has 1 aromatic rings. The van der Waals surface area contributed by atoms with Crippen molar-refractivity contribution in [1.29, 1.82) is 0 Å². The molecule has 0 saturated carbocycles. The highest BCUT2D eigenvalue weighted by Crippen LogP contribution is 2.26. The molecule has 0 aromatic heterocycles. The van der Waals surface area contributed by atoms with Crippen molar-refractivity contribution >= 4 is 15.9 Å². The smallest absolute Gasteiger partial charge is 0.133 e. The molecule has 0 heterocycles. The van der Waals surface area contributed by atoms with E-state index in [1.165, 1.54) is 5.56 Å². The van der Waals surface area contributed by atoms with E-state index in [2.05, 4.69) is 60.7 Å². The van der Waals surface area contributed by atoms with Gasteiger partial charge in [-0.1, -0.05) is 12.1 Å². The molecule has 0 spiro atoms. The van der Waals surface area contributed by atoms with E-state index in [1.807, 2.05) is 12.1 Å². The van der Waals surface area contributed by atoms with Crippen LogP contribution >= 0.6 is 15.9 Å². The average molecular weight is 326 g/mol. The third-order valence-corrected chi connectivity index (χ3v) is 3.25. The van der Waals surface area contributed by atoms with Crippen LogP contribution in [0.15, 0.2) is 35.3 Å². The molecule has 0 atom stereocenters. The summed E-state index contributed by atoms with van der Waals surface area (Å²) >= 11 is 3.56. The van der Waals surface area contributed by atoms with Gasteiger partial charge < -0.3 is 10.1 Å². The molecule has 3 heteroatoms. The Morgan fingerprint density at radius 2 is 2.11 bits per heavy atom. The van der Waals surface area contributed by atoms with Gasteiger partial charge in [-0.05, 0) is 67.2 Å². The number of nitrogens with one attached hydrogen (secondary N) is 1. The summed E-state index contributed by atoms with van der Waals surface area (Å²) in [7, 11) is 0. The van der Waals surface area contributed by atoms with Crippen LogP contribution in [0.4, 0.5) is 0 Å². The molecule has 0 amide bonds. The van der Waals surface area contributed by atoms with Gasteiger partial charge >= 0.3 is 0 Å². The Labute approximate surface area is 125 Å². The van der Waals surface area contributed by atoms with Crippen molar-refractivity contribution in [3.05, 3.63) is 40.9 Å². The second-order valence-corrected chi connectivity index (χ2v) is 6.50. The zero-order valence-corrected chi connectivity index (χ0v) is 13.7. The predicted molar refractivity (Wildman–Crippen MR) is 85.7 cm³/mol. The second-order valence-electron chi connectivity index (χ2n) is 5.65. The third-order valence-electron chi connectivity index (χ3n) is 2.63. The van der Waals surface area contributed by atoms with Gasteiger partial charge in [-0.2, -0.15) is 0 Å². The summed E-state index contributed by atoms with van der Waals surface area (Å²) in [6, 6.07) is 6.24. The lowest BCUT2D eigenvalue weighted by Gasteiger charge is -2.20. The van der Waals surface area contributed by atoms with E-state index in [1.54, 1.807) is 0 Å². The van der Waals surface area contributed by atoms with Crippen LogP contribution in [0.25, 0.3) is 0 Å². The Morgan fingerprint density at radius 1 is 1.37 bits per heavy atom. The van der Waals surface area contributed by atoms with Crippen molar-refractivity contribution in [1.82, 2.24) is 5.32 Å². The summed E-state index contributed by atoms with van der Waals surface area (Å²) in [6.45, 7) is 11.8. The highest BCUT2D eigenvalue weighted by atomic mass is 79.9. The summed E-state index contributed by atoms with van der Waals surface area (Å²) in [5, 5.41) is 3.47. The first-order chi connectivity index (χ1) is 8.92. The molecule has 0 aliphatic rings. The Balaban J connectivity index is 2.51. The van der Waals surface area contributed by atoms with Gasteiger partial charge in [-0.25, -0.2) is 0 Å². The molecule has 0 radical (unpaired) electrons. The molecule has 19 heavy (non-hydrogen) atoms. The van der Waals surface area contributed by atoms with Gasteiger partial charge in [0.05, 0.1) is 11.1 Å². The molecule has 1 N–H and O–H groups in total. The summed E-state index contributed by atoms with van der Waals surface area (Å²) in [5.41, 5.74) is 1.38. The Bertz CT molecular complexity index is 410. The lowest BCUT2D eigenvalue weighted by atomic mass is 10.1. The van der Waals surface area contributed by atoms with Gasteiger partial charge in [0, 0.05) is 12.1 Å². The number of halogens is 1. The van der Waals surface area contributed by atoms with E-state index in [0.29, 0.717) is 0 Å². The maximum Gasteiger partial charge on any atom is 0.133 e. The molecular weight excluding hydrogens is 302 g/mol. The van der Waals surface area contributed by atoms with Crippen LogP contribution in [-0.2, 0) is 6.54 Å². The van der Waals surface area contributed by atoms with E-state index in [-0.39, 0.29) is 5.54 Å². The molecule has 1 aromatic carbocycles. The molecule has 0 fully saturated rings. The fourth-order valence-corrected chi connectivity index (χ4v) is 2.09. The van der Waals surface area contributed by atoms with Crippen LogP contribution in [0, 0.1) is 0 Å². The van der Waals surface area contributed by atoms with Crippen LogP contribution in [0.3, 0.4) is 0 Å². The average Bonchev–Trinajstić information content (AvgIpc) is 2.33. The minimum atomic E-state index is 0.131. The van der Waals surface area contributed by atoms with Gasteiger partial charge in [0.1, 0.15) is 5.75 Å². The zero-order chi connectivity index (χ0) is 14.3. The van der Waals surface area contributed by atoms with E-state index < -0.39 is 0 Å². The first-order valence-electron chi connectivity index (χ1n) is 6.69. The fourth-order valence-electron chi connectivity index (χ4n) is 1.55. The quantitative estimate of drug-likeness (QED) is 0.580. The van der Waals surface area contributed by atoms with E-state index in [9.17, 15) is 0 Å². The lowest BCUT2D eigenvalue weighted by Crippen LogP contribution is -2.35. The molecule has 106 valence electrons. The molecule has 0 aliphatic carbocycles. The molecule has 1 rings (SSSR count). The van der Waals surface area contributed by atoms with Gasteiger partial charge in [0.25, 0.3) is 0 Å². The Kier molecular flexibility index (Phi) is 6.59. The SMILES string of the molecule is C=CCCCOc1ccc(CNC(C)(C)C)cc1Br. The van der Waals surface area contributed by atoms with E-state index in [4.69, 9.17) is 4.74 Å². The van der Waals surface area contributed by atoms with Crippen LogP contribution in [0.2, 0.25) is 0 Å². The van der Waals surface area contributed by atoms with Crippen LogP contribution < -0.4 is 10.1 Å². The second kappa shape index (κ2) is 7.71. The van der Waals surface area contributed by atoms with Gasteiger partial charge in [0.15, 0.2) is 0 Å². The third kappa shape index (κ3) is 6.79. The van der Waals surface area contributed by atoms with E-state index >= 15 is 0 Å². The minimum Gasteiger partial charge on any atom is -0.492 e. The van der Waals surface area contributed by atoms with Gasteiger partial charge in [0.2, 0.25) is 0 Å². The molecule has 0 aliphatic heterocycles. The fraction of sp³-hybridized carbons (Fsp3) is 0.500. The highest BCUT2D eigenvalue weighted by molar-refractivity contribution is 9.10. The molecule has 2 nitrogen and oxygen atoms in total. The van der Waals surface area contributed by atoms with Gasteiger partial charge in [-0.3, -0.25) is 0 Å². The number of hydrogen-bond donors (Lipinski definition) is 1. The predicted octanol–water partition coefficient (Wildman–Crippen LogP) is 4.68. The lowest BCUT2D eigenvalue weighted by molar-refractivity contribution is 0.310. The monoisotopic (exact) mass is 325 g/mol. The van der Waals surface area contributed by atoms with Gasteiger partial charge in [-0.15, -0.1) is 6.58 Å². The van der Waals surface area contributed by atoms with Crippen LogP contribution in [-0.4, -0.2) is 12.1 Å². The van der Waals surface area contributed by atoms with Crippen molar-refractivity contribution < 1.29 is 4.74 Å². The molecule has 0 bridgehead atoms. The number of allylic oxidation sites excluding steroid dienone is 1. The van der Waals surface area contributed by atoms with Crippen molar-refractivity contribution in [3.8, 4) is 5.75 Å². The highest BCUT2D eigenvalue weighted by Gasteiger charge is 2.09. The van der Waals surface area contributed by atoms with Crippen molar-refractivity contribution in [2.24, 2.45) is 0 Å². The largest absolute Gasteiger partial charge is 0.492 e. The molecular formula is C16H24BrNO. The summed E-state index contributed by atoms with van der Waals surface area (Å²) in [4.78, 5) is 0. The number of ether oxygens (including phenoxy) is 1. The normalized spacial score (nSPS) is 11.4. The first kappa shape index (κ1) is 16.3. The molecule has 0 saturated heterocycles. The maximum absolute atomic E-state index is 5.72. The Hall–Kier alpha value is -0.800. The van der Waals surface area contributed by atoms with Crippen molar-refractivity contribution in [2.75, 3.05) is 6.61 Å². The van der Waals surface area contributed by atoms with E-state index in [0.717, 1.165) is 36.2 Å². The summed E-state index contributed by atoms with van der Waals surface area (Å²) < 4.78 is 6.74. The van der Waals surface area contributed by atoms with Crippen molar-refractivity contribution in [2.45, 2.75) is 45.7 Å². The number of benzene rings is 1. The number of hydrogen-bond acceptors (Lipinski definition) is 2. The van der Waals surface area contributed by atoms with Crippen LogP contribution in [0.5, 0.6) is 5.75 Å². The topological polar surface area (TPSA) is 21.3 Å². The molecule has 0 unspecified atom stereocenters. The Morgan fingerprint density at radius 3 is 2.68 bits per heavy atom. The number of unbranched alkanes of at least 4 members (excludes halogenated alkanes) is 1.